The molecule has 0 unspecified atom stereocenters. The van der Waals surface area contributed by atoms with Crippen molar-refractivity contribution in [3.05, 3.63) is 126 Å². The van der Waals surface area contributed by atoms with Gasteiger partial charge < -0.3 is 4.42 Å². The topological polar surface area (TPSA) is 51.8 Å². The molecule has 0 N–H and O–H groups in total. The lowest BCUT2D eigenvalue weighted by Crippen LogP contribution is -2.44. The van der Waals surface area contributed by atoms with Gasteiger partial charge in [-0.2, -0.15) is 0 Å². The summed E-state index contributed by atoms with van der Waals surface area (Å²) in [6.07, 6.45) is 0. The Morgan fingerprint density at radius 1 is 0.465 bits per heavy atom. The van der Waals surface area contributed by atoms with Crippen LogP contribution in [0.3, 0.4) is 0 Å². The molecule has 4 heteroatoms. The van der Waals surface area contributed by atoms with E-state index in [2.05, 4.69) is 100 Å². The summed E-state index contributed by atoms with van der Waals surface area (Å²) in [4.78, 5) is 15.3. The van der Waals surface area contributed by atoms with Crippen molar-refractivity contribution in [1.29, 1.82) is 0 Å². The standard InChI is InChI=1S/C39H31N3O/c1-38(2)31-19-10-8-15-26(31)29-17-12-18-30(34(29)39(38,3)4)37-41-35(24-13-6-5-7-14-24)40-36(42-37)25-21-22-28-27-16-9-11-20-32(27)43-33(28)23-25/h5-23H,1-4H3. The molecule has 0 amide bonds. The molecule has 0 aliphatic heterocycles. The van der Waals surface area contributed by atoms with Crippen molar-refractivity contribution in [2.24, 2.45) is 0 Å². The van der Waals surface area contributed by atoms with E-state index in [0.717, 1.165) is 38.6 Å². The largest absolute Gasteiger partial charge is 0.456 e. The van der Waals surface area contributed by atoms with Crippen LogP contribution in [0.25, 0.3) is 67.2 Å². The van der Waals surface area contributed by atoms with E-state index in [9.17, 15) is 0 Å². The highest BCUT2D eigenvalue weighted by molar-refractivity contribution is 6.05. The van der Waals surface area contributed by atoms with E-state index < -0.39 is 0 Å². The number of aromatic nitrogens is 3. The van der Waals surface area contributed by atoms with Crippen molar-refractivity contribution in [2.75, 3.05) is 0 Å². The second-order valence-corrected chi connectivity index (χ2v) is 12.5. The van der Waals surface area contributed by atoms with Gasteiger partial charge in [-0.3, -0.25) is 0 Å². The number of rotatable bonds is 3. The Morgan fingerprint density at radius 2 is 1.09 bits per heavy atom. The molecule has 0 fully saturated rings. The van der Waals surface area contributed by atoms with Crippen molar-refractivity contribution in [3.63, 3.8) is 0 Å². The number of nitrogens with zero attached hydrogens (tertiary/aromatic N) is 3. The number of para-hydroxylation sites is 1. The summed E-state index contributed by atoms with van der Waals surface area (Å²) >= 11 is 0. The number of hydrogen-bond acceptors (Lipinski definition) is 4. The monoisotopic (exact) mass is 557 g/mol. The van der Waals surface area contributed by atoms with Crippen LogP contribution in [-0.2, 0) is 10.8 Å². The zero-order valence-electron chi connectivity index (χ0n) is 24.7. The van der Waals surface area contributed by atoms with Crippen LogP contribution in [0.1, 0.15) is 38.8 Å². The Morgan fingerprint density at radius 3 is 1.93 bits per heavy atom. The van der Waals surface area contributed by atoms with Crippen molar-refractivity contribution < 1.29 is 4.42 Å². The van der Waals surface area contributed by atoms with Crippen molar-refractivity contribution in [1.82, 2.24) is 15.0 Å². The number of benzene rings is 5. The van der Waals surface area contributed by atoms with Gasteiger partial charge in [0, 0.05) is 32.9 Å². The number of hydrogen-bond donors (Lipinski definition) is 0. The molecule has 208 valence electrons. The van der Waals surface area contributed by atoms with Crippen molar-refractivity contribution >= 4 is 21.9 Å². The second-order valence-electron chi connectivity index (χ2n) is 12.5. The molecule has 0 saturated heterocycles. The van der Waals surface area contributed by atoms with E-state index in [1.165, 1.54) is 22.3 Å². The number of fused-ring (bicyclic) bond motifs is 6. The summed E-state index contributed by atoms with van der Waals surface area (Å²) in [7, 11) is 0. The zero-order valence-corrected chi connectivity index (χ0v) is 24.7. The molecule has 8 rings (SSSR count). The third-order valence-electron chi connectivity index (χ3n) is 9.69. The predicted molar refractivity (Wildman–Crippen MR) is 175 cm³/mol. The average molecular weight is 558 g/mol. The van der Waals surface area contributed by atoms with Crippen LogP contribution in [0, 0.1) is 0 Å². The van der Waals surface area contributed by atoms with Gasteiger partial charge in [0.2, 0.25) is 0 Å². The normalized spacial score (nSPS) is 14.9. The molecule has 0 spiro atoms. The lowest BCUT2D eigenvalue weighted by atomic mass is 9.54. The molecule has 43 heavy (non-hydrogen) atoms. The van der Waals surface area contributed by atoms with Crippen LogP contribution in [-0.4, -0.2) is 15.0 Å². The molecular formula is C39H31N3O. The molecular weight excluding hydrogens is 526 g/mol. The Labute approximate surface area is 251 Å². The summed E-state index contributed by atoms with van der Waals surface area (Å²) in [5.74, 6) is 1.95. The Bertz CT molecular complexity index is 2190. The van der Waals surface area contributed by atoms with Crippen LogP contribution < -0.4 is 0 Å². The summed E-state index contributed by atoms with van der Waals surface area (Å²) < 4.78 is 6.23. The Hall–Kier alpha value is -5.09. The lowest BCUT2D eigenvalue weighted by molar-refractivity contribution is 0.300. The Kier molecular flexibility index (Phi) is 5.48. The minimum Gasteiger partial charge on any atom is -0.456 e. The minimum atomic E-state index is -0.194. The Balaban J connectivity index is 1.39. The molecule has 2 aromatic heterocycles. The van der Waals surface area contributed by atoms with Crippen molar-refractivity contribution in [3.8, 4) is 45.3 Å². The summed E-state index contributed by atoms with van der Waals surface area (Å²) in [5, 5.41) is 2.18. The highest BCUT2D eigenvalue weighted by Crippen LogP contribution is 2.55. The van der Waals surface area contributed by atoms with Crippen LogP contribution in [0.4, 0.5) is 0 Å². The maximum atomic E-state index is 6.23. The second kappa shape index (κ2) is 9.20. The molecule has 4 nitrogen and oxygen atoms in total. The van der Waals surface area contributed by atoms with Gasteiger partial charge in [0.1, 0.15) is 11.2 Å². The molecule has 5 aromatic carbocycles. The summed E-state index contributed by atoms with van der Waals surface area (Å²) in [6.45, 7) is 9.40. The van der Waals surface area contributed by atoms with Gasteiger partial charge in [-0.05, 0) is 45.9 Å². The van der Waals surface area contributed by atoms with E-state index in [0.29, 0.717) is 17.5 Å². The molecule has 0 saturated carbocycles. The van der Waals surface area contributed by atoms with Gasteiger partial charge in [0.05, 0.1) is 0 Å². The van der Waals surface area contributed by atoms with Crippen LogP contribution in [0.2, 0.25) is 0 Å². The minimum absolute atomic E-state index is 0.114. The maximum absolute atomic E-state index is 6.23. The van der Waals surface area contributed by atoms with Crippen LogP contribution >= 0.6 is 0 Å². The van der Waals surface area contributed by atoms with E-state index in [1.54, 1.807) is 0 Å². The quantitative estimate of drug-likeness (QED) is 0.217. The first-order chi connectivity index (χ1) is 20.8. The van der Waals surface area contributed by atoms with Gasteiger partial charge in [-0.15, -0.1) is 0 Å². The van der Waals surface area contributed by atoms with Gasteiger partial charge >= 0.3 is 0 Å². The van der Waals surface area contributed by atoms with Crippen molar-refractivity contribution in [2.45, 2.75) is 38.5 Å². The zero-order chi connectivity index (χ0) is 29.3. The van der Waals surface area contributed by atoms with Gasteiger partial charge in [0.15, 0.2) is 17.5 Å². The van der Waals surface area contributed by atoms with Gasteiger partial charge in [0.25, 0.3) is 0 Å². The van der Waals surface area contributed by atoms with Crippen LogP contribution in [0.15, 0.2) is 120 Å². The van der Waals surface area contributed by atoms with E-state index in [-0.39, 0.29) is 10.8 Å². The molecule has 1 aliphatic carbocycles. The highest BCUT2D eigenvalue weighted by Gasteiger charge is 2.47. The van der Waals surface area contributed by atoms with Gasteiger partial charge in [-0.25, -0.2) is 15.0 Å². The lowest BCUT2D eigenvalue weighted by Gasteiger charge is -2.49. The molecule has 7 aromatic rings. The first kappa shape index (κ1) is 25.6. The fourth-order valence-electron chi connectivity index (χ4n) is 6.76. The first-order valence-electron chi connectivity index (χ1n) is 14.8. The predicted octanol–water partition coefficient (Wildman–Crippen LogP) is 10.0. The number of furan rings is 1. The first-order valence-corrected chi connectivity index (χ1v) is 14.8. The smallest absolute Gasteiger partial charge is 0.164 e. The SMILES string of the molecule is CC1(C)c2ccccc2-c2cccc(-c3nc(-c4ccccc4)nc(-c4ccc5c(c4)oc4ccccc45)n3)c2C1(C)C. The molecule has 1 aliphatic rings. The van der Waals surface area contributed by atoms with E-state index >= 15 is 0 Å². The average Bonchev–Trinajstić information content (AvgIpc) is 3.42. The third-order valence-corrected chi connectivity index (χ3v) is 9.69. The maximum Gasteiger partial charge on any atom is 0.164 e. The summed E-state index contributed by atoms with van der Waals surface area (Å²) in [6, 6.07) is 39.9. The fraction of sp³-hybridized carbons (Fsp3) is 0.154. The van der Waals surface area contributed by atoms with E-state index in [1.807, 2.05) is 42.5 Å². The molecule has 0 radical (unpaired) electrons. The molecule has 2 heterocycles. The summed E-state index contributed by atoms with van der Waals surface area (Å²) in [5.41, 5.74) is 9.41. The highest BCUT2D eigenvalue weighted by atomic mass is 16.3. The molecule has 0 bridgehead atoms. The third kappa shape index (κ3) is 3.79. The van der Waals surface area contributed by atoms with Gasteiger partial charge in [-0.1, -0.05) is 125 Å². The van der Waals surface area contributed by atoms with Crippen LogP contribution in [0.5, 0.6) is 0 Å². The fourth-order valence-corrected chi connectivity index (χ4v) is 6.76. The molecule has 0 atom stereocenters. The van der Waals surface area contributed by atoms with E-state index in [4.69, 9.17) is 19.4 Å².